The molecule has 2 N–H and O–H groups in total. The maximum atomic E-state index is 13.2. The molecule has 2 aliphatic rings. The summed E-state index contributed by atoms with van der Waals surface area (Å²) in [5.74, 6) is -1.60. The van der Waals surface area contributed by atoms with Gasteiger partial charge in [0.1, 0.15) is 12.8 Å². The number of halogens is 3. The molecule has 0 radical (unpaired) electrons. The summed E-state index contributed by atoms with van der Waals surface area (Å²) in [5.41, 5.74) is 3.54. The molecule has 1 saturated heterocycles. The van der Waals surface area contributed by atoms with Crippen LogP contribution >= 0.6 is 0 Å². The number of amides is 1. The molecule has 1 aliphatic heterocycles. The van der Waals surface area contributed by atoms with Crippen LogP contribution in [0.4, 0.5) is 13.2 Å². The minimum atomic E-state index is -3.26. The van der Waals surface area contributed by atoms with E-state index >= 15 is 0 Å². The molecule has 2 aromatic rings. The second kappa shape index (κ2) is 9.58. The molecule has 2 fully saturated rings. The molecule has 1 saturated carbocycles. The fourth-order valence-corrected chi connectivity index (χ4v) is 4.83. The zero-order chi connectivity index (χ0) is 22.7. The number of nitrogens with zero attached hydrogens (tertiary/aromatic N) is 2. The molecule has 0 unspecified atom stereocenters. The summed E-state index contributed by atoms with van der Waals surface area (Å²) in [7, 11) is 0. The number of carbonyl (C=O) groups excluding carboxylic acids is 1. The monoisotopic (exact) mass is 447 g/mol. The summed E-state index contributed by atoms with van der Waals surface area (Å²) >= 11 is 0. The summed E-state index contributed by atoms with van der Waals surface area (Å²) < 4.78 is 38.0. The molecule has 2 heterocycles. The van der Waals surface area contributed by atoms with Crippen LogP contribution in [-0.2, 0) is 11.3 Å². The number of aromatic nitrogens is 1. The van der Waals surface area contributed by atoms with E-state index in [1.807, 2.05) is 23.6 Å². The van der Waals surface area contributed by atoms with Gasteiger partial charge in [-0.25, -0.2) is 4.39 Å². The second-order valence-corrected chi connectivity index (χ2v) is 8.78. The van der Waals surface area contributed by atoms with Crippen molar-refractivity contribution in [3.05, 3.63) is 53.9 Å². The number of aliphatic hydroxyl groups is 1. The maximum Gasteiger partial charge on any atom is 0.315 e. The molecule has 8 heteroatoms. The molecule has 1 amide bonds. The molecule has 1 aliphatic carbocycles. The van der Waals surface area contributed by atoms with Crippen molar-refractivity contribution in [3.8, 4) is 11.1 Å². The van der Waals surface area contributed by atoms with E-state index in [-0.39, 0.29) is 0 Å². The van der Waals surface area contributed by atoms with Crippen LogP contribution in [0.25, 0.3) is 11.1 Å². The first-order chi connectivity index (χ1) is 15.4. The Kier molecular flexibility index (Phi) is 6.81. The molecule has 1 spiro atoms. The zero-order valence-corrected chi connectivity index (χ0v) is 17.8. The van der Waals surface area contributed by atoms with Crippen LogP contribution in [0.2, 0.25) is 0 Å². The second-order valence-electron chi connectivity index (χ2n) is 8.78. The Morgan fingerprint density at radius 3 is 2.34 bits per heavy atom. The summed E-state index contributed by atoms with van der Waals surface area (Å²) in [4.78, 5) is 18.3. The van der Waals surface area contributed by atoms with Crippen molar-refractivity contribution in [1.82, 2.24) is 15.2 Å². The lowest BCUT2D eigenvalue weighted by atomic mass is 9.75. The summed E-state index contributed by atoms with van der Waals surface area (Å²) in [6, 6.07) is 9.29. The highest BCUT2D eigenvalue weighted by Gasteiger charge is 2.45. The quantitative estimate of drug-likeness (QED) is 0.642. The van der Waals surface area contributed by atoms with Crippen LogP contribution in [0.1, 0.15) is 49.5 Å². The first-order valence-electron chi connectivity index (χ1n) is 11.0. The van der Waals surface area contributed by atoms with Crippen LogP contribution in [0, 0.1) is 0 Å². The van der Waals surface area contributed by atoms with Crippen molar-refractivity contribution in [1.29, 1.82) is 0 Å². The van der Waals surface area contributed by atoms with E-state index in [0.717, 1.165) is 29.9 Å². The zero-order valence-electron chi connectivity index (χ0n) is 17.8. The molecule has 4 rings (SSSR count). The highest BCUT2D eigenvalue weighted by molar-refractivity contribution is 5.79. The van der Waals surface area contributed by atoms with Gasteiger partial charge in [-0.05, 0) is 55.8 Å². The maximum absolute atomic E-state index is 13.2. The lowest BCUT2D eigenvalue weighted by molar-refractivity contribution is -0.133. The van der Waals surface area contributed by atoms with Crippen LogP contribution < -0.4 is 5.32 Å². The van der Waals surface area contributed by atoms with Crippen LogP contribution in [0.5, 0.6) is 0 Å². The Balaban J connectivity index is 1.39. The molecular weight excluding hydrogens is 419 g/mol. The van der Waals surface area contributed by atoms with Gasteiger partial charge in [0, 0.05) is 23.8 Å². The van der Waals surface area contributed by atoms with Gasteiger partial charge in [-0.3, -0.25) is 14.7 Å². The number of benzene rings is 1. The molecule has 172 valence electrons. The first kappa shape index (κ1) is 22.7. The van der Waals surface area contributed by atoms with E-state index in [4.69, 9.17) is 0 Å². The van der Waals surface area contributed by atoms with Crippen molar-refractivity contribution in [2.75, 3.05) is 13.2 Å². The van der Waals surface area contributed by atoms with E-state index in [9.17, 15) is 23.1 Å². The molecule has 0 bridgehead atoms. The number of likely N-dealkylation sites (tertiary alicyclic amines) is 1. The van der Waals surface area contributed by atoms with E-state index in [2.05, 4.69) is 9.88 Å². The van der Waals surface area contributed by atoms with Gasteiger partial charge in [0.25, 0.3) is 5.91 Å². The van der Waals surface area contributed by atoms with Gasteiger partial charge < -0.3 is 10.4 Å². The highest BCUT2D eigenvalue weighted by Crippen LogP contribution is 2.45. The predicted octanol–water partition coefficient (Wildman–Crippen LogP) is 4.02. The predicted molar refractivity (Wildman–Crippen MR) is 115 cm³/mol. The van der Waals surface area contributed by atoms with Crippen molar-refractivity contribution >= 4 is 5.91 Å². The fourth-order valence-electron chi connectivity index (χ4n) is 4.83. The number of rotatable bonds is 8. The highest BCUT2D eigenvalue weighted by atomic mass is 19.3. The topological polar surface area (TPSA) is 65.5 Å². The Morgan fingerprint density at radius 2 is 1.78 bits per heavy atom. The van der Waals surface area contributed by atoms with Gasteiger partial charge in [0.2, 0.25) is 0 Å². The van der Waals surface area contributed by atoms with Crippen molar-refractivity contribution in [2.45, 2.75) is 62.8 Å². The Labute approximate surface area is 185 Å². The van der Waals surface area contributed by atoms with Gasteiger partial charge in [-0.15, -0.1) is 0 Å². The van der Waals surface area contributed by atoms with Crippen LogP contribution in [0.3, 0.4) is 0 Å². The van der Waals surface area contributed by atoms with E-state index < -0.39 is 31.2 Å². The summed E-state index contributed by atoms with van der Waals surface area (Å²) in [6.45, 7) is 0.830. The lowest BCUT2D eigenvalue weighted by Gasteiger charge is -2.46. The molecule has 1 aromatic heterocycles. The number of alkyl halides is 3. The molecule has 32 heavy (non-hydrogen) atoms. The largest absolute Gasteiger partial charge is 0.386 e. The third-order valence-corrected chi connectivity index (χ3v) is 6.86. The Bertz CT molecular complexity index is 917. The smallest absolute Gasteiger partial charge is 0.315 e. The summed E-state index contributed by atoms with van der Waals surface area (Å²) in [5, 5.41) is 12.1. The average molecular weight is 448 g/mol. The third-order valence-electron chi connectivity index (χ3n) is 6.86. The average Bonchev–Trinajstić information content (AvgIpc) is 3.21. The number of hydrogen-bond donors (Lipinski definition) is 2. The fraction of sp³-hybridized carbons (Fsp3) is 0.500. The lowest BCUT2D eigenvalue weighted by Crippen LogP contribution is -2.48. The van der Waals surface area contributed by atoms with E-state index in [0.29, 0.717) is 11.1 Å². The normalized spacial score (nSPS) is 19.7. The van der Waals surface area contributed by atoms with Gasteiger partial charge in [0.05, 0.1) is 11.7 Å². The van der Waals surface area contributed by atoms with Crippen LogP contribution in [-0.4, -0.2) is 52.1 Å². The van der Waals surface area contributed by atoms with Crippen molar-refractivity contribution < 1.29 is 23.1 Å². The number of hydrogen-bond acceptors (Lipinski definition) is 4. The number of carbonyl (C=O) groups is 1. The standard InChI is InChI=1S/C24H28F3N3O2/c25-13-20(29-23(32)22(26)27)21(31)17-5-3-16(4-6-17)18-7-8-19(28-14-18)15-30-12-2-11-24(30)9-1-10-24/h3-8,14,20-22,31H,1-2,9-13,15H2,(H,29,32)/t20-,21-/m1/s1. The van der Waals surface area contributed by atoms with Crippen molar-refractivity contribution in [3.63, 3.8) is 0 Å². The Hall–Kier alpha value is -2.45. The first-order valence-corrected chi connectivity index (χ1v) is 11.0. The Morgan fingerprint density at radius 1 is 1.09 bits per heavy atom. The SMILES string of the molecule is O=C(N[C@H](CF)[C@H](O)c1ccc(-c2ccc(CN3CCCC34CCC4)nc2)cc1)C(F)F. The molecule has 5 nitrogen and oxygen atoms in total. The molecule has 2 atom stereocenters. The minimum absolute atomic E-state index is 0.329. The van der Waals surface area contributed by atoms with Gasteiger partial charge in [-0.1, -0.05) is 30.3 Å². The molecule has 1 aromatic carbocycles. The van der Waals surface area contributed by atoms with Gasteiger partial charge >= 0.3 is 6.43 Å². The number of nitrogens with one attached hydrogen (secondary N) is 1. The van der Waals surface area contributed by atoms with Crippen molar-refractivity contribution in [2.24, 2.45) is 0 Å². The van der Waals surface area contributed by atoms with Crippen LogP contribution in [0.15, 0.2) is 42.6 Å². The number of aliphatic hydroxyl groups excluding tert-OH is 1. The van der Waals surface area contributed by atoms with Gasteiger partial charge in [-0.2, -0.15) is 8.78 Å². The number of pyridine rings is 1. The third kappa shape index (κ3) is 4.66. The van der Waals surface area contributed by atoms with E-state index in [1.54, 1.807) is 24.3 Å². The minimum Gasteiger partial charge on any atom is -0.386 e. The summed E-state index contributed by atoms with van der Waals surface area (Å²) in [6.07, 6.45) is 3.56. The van der Waals surface area contributed by atoms with Gasteiger partial charge in [0.15, 0.2) is 0 Å². The molecular formula is C24H28F3N3O2. The van der Waals surface area contributed by atoms with E-state index in [1.165, 1.54) is 32.1 Å².